The second-order valence-electron chi connectivity index (χ2n) is 7.61. The Labute approximate surface area is 159 Å². The van der Waals surface area contributed by atoms with Crippen molar-refractivity contribution in [2.24, 2.45) is 5.41 Å². The SMILES string of the molecule is CCc1ccc(NC(=O)N2CCC3(CCC(=O)N(CC(=O)O)C3)CC2)cc1. The number of likely N-dealkylation sites (tertiary alicyclic amines) is 2. The molecule has 2 fully saturated rings. The van der Waals surface area contributed by atoms with Gasteiger partial charge in [0, 0.05) is 31.7 Å². The molecule has 7 heteroatoms. The zero-order valence-electron chi connectivity index (χ0n) is 15.7. The second kappa shape index (κ2) is 7.98. The molecule has 2 heterocycles. The van der Waals surface area contributed by atoms with Crippen molar-refractivity contribution in [2.45, 2.75) is 39.0 Å². The van der Waals surface area contributed by atoms with E-state index in [1.54, 1.807) is 4.90 Å². The van der Waals surface area contributed by atoms with E-state index in [1.807, 2.05) is 24.3 Å². The molecule has 2 aliphatic rings. The molecule has 146 valence electrons. The summed E-state index contributed by atoms with van der Waals surface area (Å²) < 4.78 is 0. The molecule has 0 saturated carbocycles. The lowest BCUT2D eigenvalue weighted by Crippen LogP contribution is -2.53. The fourth-order valence-corrected chi connectivity index (χ4v) is 4.03. The van der Waals surface area contributed by atoms with Crippen molar-refractivity contribution >= 4 is 23.6 Å². The summed E-state index contributed by atoms with van der Waals surface area (Å²) >= 11 is 0. The van der Waals surface area contributed by atoms with Crippen molar-refractivity contribution in [3.05, 3.63) is 29.8 Å². The van der Waals surface area contributed by atoms with Crippen LogP contribution in [0.5, 0.6) is 0 Å². The molecule has 3 amide bonds. The lowest BCUT2D eigenvalue weighted by atomic mass is 9.72. The number of rotatable bonds is 4. The van der Waals surface area contributed by atoms with Crippen LogP contribution in [-0.2, 0) is 16.0 Å². The third-order valence-corrected chi connectivity index (χ3v) is 5.80. The minimum Gasteiger partial charge on any atom is -0.480 e. The Bertz CT molecular complexity index is 708. The summed E-state index contributed by atoms with van der Waals surface area (Å²) in [6.07, 6.45) is 3.71. The van der Waals surface area contributed by atoms with E-state index in [-0.39, 0.29) is 23.9 Å². The summed E-state index contributed by atoms with van der Waals surface area (Å²) in [5.41, 5.74) is 1.95. The first-order valence-corrected chi connectivity index (χ1v) is 9.55. The topological polar surface area (TPSA) is 90.0 Å². The first-order chi connectivity index (χ1) is 12.9. The summed E-state index contributed by atoms with van der Waals surface area (Å²) in [6.45, 7) is 3.57. The number of nitrogens with zero attached hydrogens (tertiary/aromatic N) is 2. The van der Waals surface area contributed by atoms with Crippen molar-refractivity contribution in [1.29, 1.82) is 0 Å². The number of hydrogen-bond acceptors (Lipinski definition) is 3. The maximum absolute atomic E-state index is 12.5. The monoisotopic (exact) mass is 373 g/mol. The minimum absolute atomic E-state index is 0.0666. The number of piperidine rings is 2. The lowest BCUT2D eigenvalue weighted by Gasteiger charge is -2.47. The molecule has 0 bridgehead atoms. The van der Waals surface area contributed by atoms with E-state index in [0.29, 0.717) is 26.1 Å². The molecule has 0 atom stereocenters. The smallest absolute Gasteiger partial charge is 0.323 e. The van der Waals surface area contributed by atoms with Gasteiger partial charge in [-0.1, -0.05) is 19.1 Å². The van der Waals surface area contributed by atoms with Crippen LogP contribution in [0.25, 0.3) is 0 Å². The van der Waals surface area contributed by atoms with E-state index in [2.05, 4.69) is 12.2 Å². The molecule has 27 heavy (non-hydrogen) atoms. The van der Waals surface area contributed by atoms with E-state index < -0.39 is 5.97 Å². The van der Waals surface area contributed by atoms with E-state index in [1.165, 1.54) is 10.5 Å². The summed E-state index contributed by atoms with van der Waals surface area (Å²) in [6, 6.07) is 7.74. The van der Waals surface area contributed by atoms with Gasteiger partial charge in [0.25, 0.3) is 0 Å². The van der Waals surface area contributed by atoms with Gasteiger partial charge in [0.15, 0.2) is 0 Å². The summed E-state index contributed by atoms with van der Waals surface area (Å²) in [4.78, 5) is 38.7. The van der Waals surface area contributed by atoms with Gasteiger partial charge in [-0.25, -0.2) is 4.79 Å². The van der Waals surface area contributed by atoms with Gasteiger partial charge < -0.3 is 20.2 Å². The van der Waals surface area contributed by atoms with Crippen LogP contribution in [0.2, 0.25) is 0 Å². The summed E-state index contributed by atoms with van der Waals surface area (Å²) in [7, 11) is 0. The van der Waals surface area contributed by atoms with Gasteiger partial charge in [-0.2, -0.15) is 0 Å². The van der Waals surface area contributed by atoms with E-state index in [9.17, 15) is 14.4 Å². The number of urea groups is 1. The maximum atomic E-state index is 12.5. The number of nitrogens with one attached hydrogen (secondary N) is 1. The number of anilines is 1. The maximum Gasteiger partial charge on any atom is 0.323 e. The quantitative estimate of drug-likeness (QED) is 0.849. The molecule has 0 unspecified atom stereocenters. The number of amides is 3. The predicted molar refractivity (Wildman–Crippen MR) is 102 cm³/mol. The molecule has 1 spiro atoms. The number of aryl methyl sites for hydroxylation is 1. The largest absolute Gasteiger partial charge is 0.480 e. The summed E-state index contributed by atoms with van der Waals surface area (Å²) in [5, 5.41) is 11.9. The highest BCUT2D eigenvalue weighted by Crippen LogP contribution is 2.40. The number of carboxylic acids is 1. The minimum atomic E-state index is -0.980. The van der Waals surface area contributed by atoms with Crippen molar-refractivity contribution < 1.29 is 19.5 Å². The Morgan fingerprint density at radius 3 is 2.41 bits per heavy atom. The Morgan fingerprint density at radius 2 is 1.81 bits per heavy atom. The van der Waals surface area contributed by atoms with Crippen molar-refractivity contribution in [1.82, 2.24) is 9.80 Å². The zero-order chi connectivity index (χ0) is 19.4. The second-order valence-corrected chi connectivity index (χ2v) is 7.61. The van der Waals surface area contributed by atoms with Crippen molar-refractivity contribution in [3.8, 4) is 0 Å². The van der Waals surface area contributed by atoms with Crippen molar-refractivity contribution in [2.75, 3.05) is 31.5 Å². The molecule has 0 radical (unpaired) electrons. The average Bonchev–Trinajstić information content (AvgIpc) is 2.66. The van der Waals surface area contributed by atoms with Crippen LogP contribution < -0.4 is 5.32 Å². The number of carbonyl (C=O) groups is 3. The molecule has 1 aromatic carbocycles. The van der Waals surface area contributed by atoms with E-state index >= 15 is 0 Å². The van der Waals surface area contributed by atoms with Crippen molar-refractivity contribution in [3.63, 3.8) is 0 Å². The third kappa shape index (κ3) is 4.59. The van der Waals surface area contributed by atoms with Crippen LogP contribution in [0.4, 0.5) is 10.5 Å². The number of hydrogen-bond donors (Lipinski definition) is 2. The third-order valence-electron chi connectivity index (χ3n) is 5.80. The van der Waals surface area contributed by atoms with Gasteiger partial charge in [0.2, 0.25) is 5.91 Å². The number of carbonyl (C=O) groups excluding carboxylic acids is 2. The van der Waals surface area contributed by atoms with Gasteiger partial charge in [-0.05, 0) is 48.8 Å². The zero-order valence-corrected chi connectivity index (χ0v) is 15.7. The molecular formula is C20H27N3O4. The Hall–Kier alpha value is -2.57. The highest BCUT2D eigenvalue weighted by molar-refractivity contribution is 5.89. The molecule has 3 rings (SSSR count). The average molecular weight is 373 g/mol. The molecule has 1 aromatic rings. The van der Waals surface area contributed by atoms with Crippen LogP contribution >= 0.6 is 0 Å². The summed E-state index contributed by atoms with van der Waals surface area (Å²) in [5.74, 6) is -1.06. The van der Waals surface area contributed by atoms with Gasteiger partial charge in [-0.15, -0.1) is 0 Å². The van der Waals surface area contributed by atoms with Crippen LogP contribution in [0.1, 0.15) is 38.2 Å². The van der Waals surface area contributed by atoms with Crippen LogP contribution in [0, 0.1) is 5.41 Å². The Morgan fingerprint density at radius 1 is 1.15 bits per heavy atom. The first-order valence-electron chi connectivity index (χ1n) is 9.55. The molecule has 0 aromatic heterocycles. The van der Waals surface area contributed by atoms with E-state index in [4.69, 9.17) is 5.11 Å². The Kier molecular flexibility index (Phi) is 5.68. The standard InChI is InChI=1S/C20H27N3O4/c1-2-15-3-5-16(6-4-15)21-19(27)22-11-9-20(10-12-22)8-7-17(24)23(14-20)13-18(25)26/h3-6H,2,7-14H2,1H3,(H,21,27)(H,25,26). The lowest BCUT2D eigenvalue weighted by molar-refractivity contribution is -0.149. The van der Waals surface area contributed by atoms with Crippen LogP contribution in [0.3, 0.4) is 0 Å². The number of aliphatic carboxylic acids is 1. The van der Waals surface area contributed by atoms with Gasteiger partial charge in [-0.3, -0.25) is 9.59 Å². The van der Waals surface area contributed by atoms with Crippen LogP contribution in [0.15, 0.2) is 24.3 Å². The van der Waals surface area contributed by atoms with E-state index in [0.717, 1.165) is 31.4 Å². The fraction of sp³-hybridized carbons (Fsp3) is 0.550. The van der Waals surface area contributed by atoms with Gasteiger partial charge in [0.1, 0.15) is 6.54 Å². The number of carboxylic acid groups (broad SMARTS) is 1. The fourth-order valence-electron chi connectivity index (χ4n) is 4.03. The Balaban J connectivity index is 1.55. The molecule has 2 N–H and O–H groups in total. The van der Waals surface area contributed by atoms with Gasteiger partial charge >= 0.3 is 12.0 Å². The predicted octanol–water partition coefficient (Wildman–Crippen LogP) is 2.57. The highest BCUT2D eigenvalue weighted by atomic mass is 16.4. The molecule has 0 aliphatic carbocycles. The van der Waals surface area contributed by atoms with Crippen LogP contribution in [-0.4, -0.2) is 59.0 Å². The molecular weight excluding hydrogens is 346 g/mol. The normalized spacial score (nSPS) is 19.2. The first kappa shape index (κ1) is 19.2. The van der Waals surface area contributed by atoms with Gasteiger partial charge in [0.05, 0.1) is 0 Å². The molecule has 2 saturated heterocycles. The highest BCUT2D eigenvalue weighted by Gasteiger charge is 2.42. The molecule has 2 aliphatic heterocycles. The molecule has 7 nitrogen and oxygen atoms in total. The number of benzene rings is 1.